The van der Waals surface area contributed by atoms with Crippen molar-refractivity contribution in [2.45, 2.75) is 46.5 Å². The number of rotatable bonds is 0. The van der Waals surface area contributed by atoms with E-state index in [4.69, 9.17) is 4.74 Å². The van der Waals surface area contributed by atoms with Crippen LogP contribution in [-0.2, 0) is 9.53 Å². The molecule has 3 aliphatic rings. The van der Waals surface area contributed by atoms with E-state index in [-0.39, 0.29) is 11.4 Å². The van der Waals surface area contributed by atoms with E-state index in [1.807, 2.05) is 0 Å². The van der Waals surface area contributed by atoms with E-state index in [2.05, 4.69) is 26.8 Å². The van der Waals surface area contributed by atoms with Gasteiger partial charge < -0.3 is 4.74 Å². The fraction of sp³-hybridized carbons (Fsp3) is 0.800. The SMILES string of the molecule is CC1(C)CCC[C@]2(C)[C@H]3COC(=O)C3=CC[C@@H]12. The molecule has 3 atom stereocenters. The molecular formula is C15H22O2. The lowest BCUT2D eigenvalue weighted by Gasteiger charge is -2.55. The van der Waals surface area contributed by atoms with Crippen LogP contribution in [0.25, 0.3) is 0 Å². The highest BCUT2D eigenvalue weighted by Crippen LogP contribution is 2.60. The molecule has 0 radical (unpaired) electrons. The van der Waals surface area contributed by atoms with Crippen LogP contribution in [0.3, 0.4) is 0 Å². The molecule has 2 heteroatoms. The smallest absolute Gasteiger partial charge is 0.334 e. The molecule has 0 aromatic heterocycles. The van der Waals surface area contributed by atoms with Crippen LogP contribution in [0.2, 0.25) is 0 Å². The first kappa shape index (κ1) is 11.3. The van der Waals surface area contributed by atoms with Crippen LogP contribution in [0.1, 0.15) is 46.5 Å². The minimum atomic E-state index is -0.0574. The van der Waals surface area contributed by atoms with Gasteiger partial charge in [0.2, 0.25) is 0 Å². The van der Waals surface area contributed by atoms with Gasteiger partial charge >= 0.3 is 5.97 Å². The maximum absolute atomic E-state index is 11.7. The number of carbonyl (C=O) groups excluding carboxylic acids is 1. The Labute approximate surface area is 103 Å². The van der Waals surface area contributed by atoms with E-state index in [9.17, 15) is 4.79 Å². The van der Waals surface area contributed by atoms with E-state index < -0.39 is 0 Å². The Balaban J connectivity index is 2.03. The van der Waals surface area contributed by atoms with Gasteiger partial charge in [0.1, 0.15) is 0 Å². The molecule has 1 saturated heterocycles. The largest absolute Gasteiger partial charge is 0.462 e. The van der Waals surface area contributed by atoms with Gasteiger partial charge in [0.05, 0.1) is 6.61 Å². The van der Waals surface area contributed by atoms with Crippen molar-refractivity contribution in [3.63, 3.8) is 0 Å². The minimum Gasteiger partial charge on any atom is -0.462 e. The van der Waals surface area contributed by atoms with E-state index in [1.54, 1.807) is 0 Å². The second-order valence-electron chi connectivity index (χ2n) is 6.95. The average Bonchev–Trinajstić information content (AvgIpc) is 2.60. The third kappa shape index (κ3) is 1.42. The number of esters is 1. The Kier molecular flexibility index (Phi) is 2.24. The molecule has 0 unspecified atom stereocenters. The number of ether oxygens (including phenoxy) is 1. The highest BCUT2D eigenvalue weighted by molar-refractivity contribution is 5.91. The van der Waals surface area contributed by atoms with E-state index >= 15 is 0 Å². The van der Waals surface area contributed by atoms with Crippen molar-refractivity contribution in [3.05, 3.63) is 11.6 Å². The predicted molar refractivity (Wildman–Crippen MR) is 66.4 cm³/mol. The number of hydrogen-bond acceptors (Lipinski definition) is 2. The molecule has 0 bridgehead atoms. The van der Waals surface area contributed by atoms with Gasteiger partial charge in [-0.15, -0.1) is 0 Å². The van der Waals surface area contributed by atoms with Crippen LogP contribution in [0.5, 0.6) is 0 Å². The van der Waals surface area contributed by atoms with E-state index in [0.717, 1.165) is 12.0 Å². The van der Waals surface area contributed by atoms with Gasteiger partial charge in [-0.2, -0.15) is 0 Å². The highest BCUT2D eigenvalue weighted by Gasteiger charge is 2.55. The van der Waals surface area contributed by atoms with Gasteiger partial charge in [0, 0.05) is 11.5 Å². The van der Waals surface area contributed by atoms with Crippen molar-refractivity contribution in [1.82, 2.24) is 0 Å². The molecule has 2 aliphatic carbocycles. The number of cyclic esters (lactones) is 1. The first-order chi connectivity index (χ1) is 7.95. The van der Waals surface area contributed by atoms with Crippen molar-refractivity contribution in [3.8, 4) is 0 Å². The summed E-state index contributed by atoms with van der Waals surface area (Å²) in [6, 6.07) is 0. The van der Waals surface area contributed by atoms with E-state index in [1.165, 1.54) is 19.3 Å². The number of allylic oxidation sites excluding steroid dienone is 1. The number of carbonyl (C=O) groups is 1. The van der Waals surface area contributed by atoms with Crippen LogP contribution < -0.4 is 0 Å². The molecule has 0 spiro atoms. The van der Waals surface area contributed by atoms with Crippen LogP contribution in [0, 0.1) is 22.7 Å². The molecule has 0 aromatic rings. The maximum atomic E-state index is 11.7. The van der Waals surface area contributed by atoms with Crippen molar-refractivity contribution < 1.29 is 9.53 Å². The van der Waals surface area contributed by atoms with Crippen LogP contribution in [-0.4, -0.2) is 12.6 Å². The topological polar surface area (TPSA) is 26.3 Å². The Morgan fingerprint density at radius 1 is 1.29 bits per heavy atom. The minimum absolute atomic E-state index is 0.0574. The fourth-order valence-corrected chi connectivity index (χ4v) is 4.66. The van der Waals surface area contributed by atoms with Gasteiger partial charge in [0.15, 0.2) is 0 Å². The zero-order valence-corrected chi connectivity index (χ0v) is 11.1. The maximum Gasteiger partial charge on any atom is 0.334 e. The summed E-state index contributed by atoms with van der Waals surface area (Å²) in [5.41, 5.74) is 1.65. The number of fused-ring (bicyclic) bond motifs is 3. The zero-order valence-electron chi connectivity index (χ0n) is 11.1. The van der Waals surface area contributed by atoms with Gasteiger partial charge in [0.25, 0.3) is 0 Å². The van der Waals surface area contributed by atoms with Gasteiger partial charge in [-0.1, -0.05) is 33.3 Å². The number of hydrogen-bond donors (Lipinski definition) is 0. The lowest BCUT2D eigenvalue weighted by molar-refractivity contribution is -0.135. The molecule has 0 amide bonds. The zero-order chi connectivity index (χ0) is 12.3. The third-order valence-corrected chi connectivity index (χ3v) is 5.64. The predicted octanol–water partition coefficient (Wildman–Crippen LogP) is 3.32. The molecule has 2 nitrogen and oxygen atoms in total. The normalized spacial score (nSPS) is 43.5. The first-order valence-corrected chi connectivity index (χ1v) is 6.82. The van der Waals surface area contributed by atoms with Crippen LogP contribution >= 0.6 is 0 Å². The summed E-state index contributed by atoms with van der Waals surface area (Å²) < 4.78 is 5.28. The van der Waals surface area contributed by atoms with Crippen molar-refractivity contribution >= 4 is 5.97 Å². The molecule has 1 aliphatic heterocycles. The second-order valence-corrected chi connectivity index (χ2v) is 6.95. The Morgan fingerprint density at radius 2 is 2.06 bits per heavy atom. The molecule has 17 heavy (non-hydrogen) atoms. The van der Waals surface area contributed by atoms with Gasteiger partial charge in [-0.25, -0.2) is 4.79 Å². The molecule has 1 heterocycles. The molecule has 0 aromatic carbocycles. The molecule has 3 rings (SSSR count). The van der Waals surface area contributed by atoms with Gasteiger partial charge in [-0.3, -0.25) is 0 Å². The second kappa shape index (κ2) is 3.37. The van der Waals surface area contributed by atoms with Gasteiger partial charge in [-0.05, 0) is 36.0 Å². The molecule has 1 saturated carbocycles. The highest BCUT2D eigenvalue weighted by atomic mass is 16.5. The average molecular weight is 234 g/mol. The monoisotopic (exact) mass is 234 g/mol. The Morgan fingerprint density at radius 3 is 2.82 bits per heavy atom. The van der Waals surface area contributed by atoms with Crippen molar-refractivity contribution in [1.29, 1.82) is 0 Å². The van der Waals surface area contributed by atoms with Crippen molar-refractivity contribution in [2.24, 2.45) is 22.7 Å². The summed E-state index contributed by atoms with van der Waals surface area (Å²) in [4.78, 5) is 11.7. The Hall–Kier alpha value is -0.790. The molecule has 0 N–H and O–H groups in total. The summed E-state index contributed by atoms with van der Waals surface area (Å²) >= 11 is 0. The lowest BCUT2D eigenvalue weighted by atomic mass is 9.49. The third-order valence-electron chi connectivity index (χ3n) is 5.64. The summed E-state index contributed by atoms with van der Waals surface area (Å²) in [6.45, 7) is 7.79. The summed E-state index contributed by atoms with van der Waals surface area (Å²) in [6.07, 6.45) is 7.08. The molecule has 2 fully saturated rings. The fourth-order valence-electron chi connectivity index (χ4n) is 4.66. The Bertz CT molecular complexity index is 394. The first-order valence-electron chi connectivity index (χ1n) is 6.82. The molecular weight excluding hydrogens is 212 g/mol. The molecule has 94 valence electrons. The standard InChI is InChI=1S/C15H22O2/c1-14(2)7-4-8-15(3)11-9-17-13(16)10(11)5-6-12(14)15/h5,11-12H,4,6-9H2,1-3H3/t11-,12-,15+/m0/s1. The summed E-state index contributed by atoms with van der Waals surface area (Å²) in [7, 11) is 0. The quantitative estimate of drug-likeness (QED) is 0.601. The van der Waals surface area contributed by atoms with E-state index in [0.29, 0.717) is 23.9 Å². The van der Waals surface area contributed by atoms with Crippen LogP contribution in [0.4, 0.5) is 0 Å². The summed E-state index contributed by atoms with van der Waals surface area (Å²) in [5.74, 6) is 0.998. The summed E-state index contributed by atoms with van der Waals surface area (Å²) in [5, 5.41) is 0. The van der Waals surface area contributed by atoms with Crippen molar-refractivity contribution in [2.75, 3.05) is 6.61 Å². The van der Waals surface area contributed by atoms with Crippen LogP contribution in [0.15, 0.2) is 11.6 Å². The lowest BCUT2D eigenvalue weighted by Crippen LogP contribution is -2.48.